The Morgan fingerprint density at radius 2 is 1.96 bits per heavy atom. The predicted molar refractivity (Wildman–Crippen MR) is 105 cm³/mol. The molecule has 1 aromatic heterocycles. The van der Waals surface area contributed by atoms with Gasteiger partial charge in [-0.3, -0.25) is 4.79 Å². The number of hydrogen-bond donors (Lipinski definition) is 0. The number of morpholine rings is 1. The van der Waals surface area contributed by atoms with Crippen LogP contribution in [0.3, 0.4) is 0 Å². The zero-order chi connectivity index (χ0) is 18.1. The van der Waals surface area contributed by atoms with Crippen LogP contribution in [0.4, 0.5) is 0 Å². The van der Waals surface area contributed by atoms with Crippen LogP contribution < -0.4 is 0 Å². The summed E-state index contributed by atoms with van der Waals surface area (Å²) in [7, 11) is 0. The summed E-state index contributed by atoms with van der Waals surface area (Å²) in [5.74, 6) is 0.00672. The SMILES string of the molecule is O=C(c1ccc2nc(Cl)ccc2c1)N1CCOC(c2ccc(Br)cc2)C1. The molecule has 0 saturated carbocycles. The lowest BCUT2D eigenvalue weighted by Gasteiger charge is -2.33. The Morgan fingerprint density at radius 3 is 2.77 bits per heavy atom. The normalized spacial score (nSPS) is 17.5. The number of rotatable bonds is 2. The highest BCUT2D eigenvalue weighted by Crippen LogP contribution is 2.25. The van der Waals surface area contributed by atoms with Crippen molar-refractivity contribution in [2.75, 3.05) is 19.7 Å². The molecule has 2 heterocycles. The molecule has 132 valence electrons. The summed E-state index contributed by atoms with van der Waals surface area (Å²) in [4.78, 5) is 19.1. The minimum Gasteiger partial charge on any atom is -0.370 e. The van der Waals surface area contributed by atoms with Crippen LogP contribution in [0.25, 0.3) is 10.9 Å². The third-order valence-corrected chi connectivity index (χ3v) is 5.24. The van der Waals surface area contributed by atoms with E-state index in [1.807, 2.05) is 47.4 Å². The Hall–Kier alpha value is -1.95. The molecule has 0 spiro atoms. The predicted octanol–water partition coefficient (Wildman–Crippen LogP) is 4.86. The lowest BCUT2D eigenvalue weighted by Crippen LogP contribution is -2.42. The molecule has 1 aliphatic heterocycles. The number of aromatic nitrogens is 1. The number of carbonyl (C=O) groups excluding carboxylic acids is 1. The number of carbonyl (C=O) groups is 1. The molecule has 0 N–H and O–H groups in total. The van der Waals surface area contributed by atoms with E-state index in [9.17, 15) is 4.79 Å². The number of halogens is 2. The summed E-state index contributed by atoms with van der Waals surface area (Å²) < 4.78 is 6.89. The van der Waals surface area contributed by atoms with Crippen LogP contribution in [-0.4, -0.2) is 35.5 Å². The summed E-state index contributed by atoms with van der Waals surface area (Å²) in [6.45, 7) is 1.65. The largest absolute Gasteiger partial charge is 0.370 e. The molecule has 0 bridgehead atoms. The van der Waals surface area contributed by atoms with Crippen molar-refractivity contribution in [2.24, 2.45) is 0 Å². The number of nitrogens with zero attached hydrogens (tertiary/aromatic N) is 2. The molecule has 1 amide bonds. The molecular weight excluding hydrogens is 416 g/mol. The zero-order valence-corrected chi connectivity index (χ0v) is 16.2. The van der Waals surface area contributed by atoms with Crippen LogP contribution >= 0.6 is 27.5 Å². The van der Waals surface area contributed by atoms with Crippen molar-refractivity contribution in [1.82, 2.24) is 9.88 Å². The molecule has 1 aliphatic rings. The van der Waals surface area contributed by atoms with Crippen LogP contribution in [0, 0.1) is 0 Å². The van der Waals surface area contributed by atoms with E-state index in [1.165, 1.54) is 0 Å². The minimum absolute atomic E-state index is 0.00672. The van der Waals surface area contributed by atoms with Gasteiger partial charge >= 0.3 is 0 Å². The number of pyridine rings is 1. The van der Waals surface area contributed by atoms with E-state index >= 15 is 0 Å². The van der Waals surface area contributed by atoms with E-state index in [1.54, 1.807) is 12.1 Å². The van der Waals surface area contributed by atoms with Crippen LogP contribution in [0.2, 0.25) is 5.15 Å². The first-order chi connectivity index (χ1) is 12.6. The summed E-state index contributed by atoms with van der Waals surface area (Å²) in [5.41, 5.74) is 2.50. The molecule has 1 unspecified atom stereocenters. The number of amides is 1. The van der Waals surface area contributed by atoms with E-state index in [2.05, 4.69) is 20.9 Å². The smallest absolute Gasteiger partial charge is 0.254 e. The third kappa shape index (κ3) is 3.61. The van der Waals surface area contributed by atoms with Gasteiger partial charge < -0.3 is 9.64 Å². The third-order valence-electron chi connectivity index (χ3n) is 4.50. The van der Waals surface area contributed by atoms with Crippen molar-refractivity contribution in [3.8, 4) is 0 Å². The van der Waals surface area contributed by atoms with Gasteiger partial charge in [-0.15, -0.1) is 0 Å². The lowest BCUT2D eigenvalue weighted by atomic mass is 10.1. The van der Waals surface area contributed by atoms with Crippen molar-refractivity contribution in [2.45, 2.75) is 6.10 Å². The molecule has 2 aromatic carbocycles. The maximum absolute atomic E-state index is 13.0. The summed E-state index contributed by atoms with van der Waals surface area (Å²) in [6.07, 6.45) is -0.110. The Morgan fingerprint density at radius 1 is 1.15 bits per heavy atom. The highest BCUT2D eigenvalue weighted by atomic mass is 79.9. The van der Waals surface area contributed by atoms with Gasteiger partial charge in [0.2, 0.25) is 0 Å². The summed E-state index contributed by atoms with van der Waals surface area (Å²) in [6, 6.07) is 17.1. The molecule has 0 aliphatic carbocycles. The topological polar surface area (TPSA) is 42.4 Å². The maximum Gasteiger partial charge on any atom is 0.254 e. The number of hydrogen-bond acceptors (Lipinski definition) is 3. The summed E-state index contributed by atoms with van der Waals surface area (Å²) >= 11 is 9.36. The zero-order valence-electron chi connectivity index (χ0n) is 13.9. The number of fused-ring (bicyclic) bond motifs is 1. The Balaban J connectivity index is 1.55. The minimum atomic E-state index is -0.110. The van der Waals surface area contributed by atoms with E-state index in [0.717, 1.165) is 20.9 Å². The van der Waals surface area contributed by atoms with Gasteiger partial charge in [-0.2, -0.15) is 0 Å². The quantitative estimate of drug-likeness (QED) is 0.544. The molecular formula is C20H16BrClN2O2. The molecule has 1 fully saturated rings. The fourth-order valence-corrected chi connectivity index (χ4v) is 3.55. The first kappa shape index (κ1) is 17.5. The fraction of sp³-hybridized carbons (Fsp3) is 0.200. The molecule has 3 aromatic rings. The monoisotopic (exact) mass is 430 g/mol. The van der Waals surface area contributed by atoms with Crippen molar-refractivity contribution < 1.29 is 9.53 Å². The molecule has 26 heavy (non-hydrogen) atoms. The molecule has 4 nitrogen and oxygen atoms in total. The average molecular weight is 432 g/mol. The first-order valence-electron chi connectivity index (χ1n) is 8.33. The van der Waals surface area contributed by atoms with E-state index < -0.39 is 0 Å². The Labute approximate surface area is 164 Å². The van der Waals surface area contributed by atoms with Crippen LogP contribution in [-0.2, 0) is 4.74 Å². The second kappa shape index (κ2) is 7.35. The Kier molecular flexibility index (Phi) is 4.94. The maximum atomic E-state index is 13.0. The summed E-state index contributed by atoms with van der Waals surface area (Å²) in [5, 5.41) is 1.35. The first-order valence-corrected chi connectivity index (χ1v) is 9.50. The van der Waals surface area contributed by atoms with E-state index in [-0.39, 0.29) is 12.0 Å². The van der Waals surface area contributed by atoms with Gasteiger partial charge in [0, 0.05) is 22.0 Å². The highest BCUT2D eigenvalue weighted by molar-refractivity contribution is 9.10. The number of benzene rings is 2. The van der Waals surface area contributed by atoms with Gasteiger partial charge in [0.15, 0.2) is 0 Å². The number of ether oxygens (including phenoxy) is 1. The molecule has 1 saturated heterocycles. The van der Waals surface area contributed by atoms with Crippen molar-refractivity contribution in [1.29, 1.82) is 0 Å². The van der Waals surface area contributed by atoms with Gasteiger partial charge in [0.25, 0.3) is 5.91 Å². The highest BCUT2D eigenvalue weighted by Gasteiger charge is 2.26. The van der Waals surface area contributed by atoms with Crippen molar-refractivity contribution in [3.05, 3.63) is 75.4 Å². The Bertz CT molecular complexity index is 962. The average Bonchev–Trinajstić information content (AvgIpc) is 2.67. The second-order valence-corrected chi connectivity index (χ2v) is 7.51. The van der Waals surface area contributed by atoms with Crippen molar-refractivity contribution in [3.63, 3.8) is 0 Å². The standard InChI is InChI=1S/C20H16BrClN2O2/c21-16-5-1-13(2-6-16)18-12-24(9-10-26-18)20(25)15-3-7-17-14(11-15)4-8-19(22)23-17/h1-8,11,18H,9-10,12H2. The second-order valence-electron chi connectivity index (χ2n) is 6.20. The lowest BCUT2D eigenvalue weighted by molar-refractivity contribution is -0.0228. The van der Waals surface area contributed by atoms with Gasteiger partial charge in [0.05, 0.1) is 18.7 Å². The van der Waals surface area contributed by atoms with Gasteiger partial charge in [-0.1, -0.05) is 39.7 Å². The van der Waals surface area contributed by atoms with Crippen LogP contribution in [0.15, 0.2) is 59.1 Å². The van der Waals surface area contributed by atoms with E-state index in [4.69, 9.17) is 16.3 Å². The molecule has 1 atom stereocenters. The molecule has 6 heteroatoms. The molecule has 4 rings (SSSR count). The van der Waals surface area contributed by atoms with Gasteiger partial charge in [-0.05, 0) is 48.0 Å². The van der Waals surface area contributed by atoms with Crippen LogP contribution in [0.1, 0.15) is 22.0 Å². The van der Waals surface area contributed by atoms with Crippen molar-refractivity contribution >= 4 is 44.3 Å². The van der Waals surface area contributed by atoms with Gasteiger partial charge in [-0.25, -0.2) is 4.98 Å². The fourth-order valence-electron chi connectivity index (χ4n) is 3.13. The molecule has 0 radical (unpaired) electrons. The van der Waals surface area contributed by atoms with E-state index in [0.29, 0.717) is 30.4 Å². The van der Waals surface area contributed by atoms with Crippen LogP contribution in [0.5, 0.6) is 0 Å². The van der Waals surface area contributed by atoms with Gasteiger partial charge in [0.1, 0.15) is 11.3 Å².